The summed E-state index contributed by atoms with van der Waals surface area (Å²) in [5, 5.41) is 3.14. The van der Waals surface area contributed by atoms with Crippen molar-refractivity contribution >= 4 is 16.9 Å². The third-order valence-corrected chi connectivity index (χ3v) is 4.09. The van der Waals surface area contributed by atoms with Crippen molar-refractivity contribution in [2.24, 2.45) is 5.92 Å². The van der Waals surface area contributed by atoms with Crippen LogP contribution in [0.3, 0.4) is 0 Å². The van der Waals surface area contributed by atoms with Gasteiger partial charge in [-0.05, 0) is 49.8 Å². The molecule has 4 heteroatoms. The Kier molecular flexibility index (Phi) is 5.87. The van der Waals surface area contributed by atoms with E-state index in [1.165, 1.54) is 12.8 Å². The summed E-state index contributed by atoms with van der Waals surface area (Å²) >= 11 is 0. The van der Waals surface area contributed by atoms with Crippen molar-refractivity contribution in [2.45, 2.75) is 52.5 Å². The Morgan fingerprint density at radius 2 is 1.82 bits per heavy atom. The van der Waals surface area contributed by atoms with E-state index in [1.54, 1.807) is 18.5 Å². The van der Waals surface area contributed by atoms with Gasteiger partial charge in [-0.15, -0.1) is 0 Å². The summed E-state index contributed by atoms with van der Waals surface area (Å²) in [6, 6.07) is 5.75. The Labute approximate surface area is 132 Å². The van der Waals surface area contributed by atoms with Crippen molar-refractivity contribution in [2.75, 3.05) is 0 Å². The number of carbonyl (C=O) groups excluding carboxylic acids is 1. The first-order valence-corrected chi connectivity index (χ1v) is 8.24. The van der Waals surface area contributed by atoms with Gasteiger partial charge in [0, 0.05) is 18.4 Å². The summed E-state index contributed by atoms with van der Waals surface area (Å²) in [4.78, 5) is 21.0. The standard InChI is InChI=1S/C16H19N3O.C2H6/c1-11-4-6-12(7-5-11)19-16(20)13-8-10-17-14-3-2-9-18-15(13)14;1-2/h2-3,8-12H,4-7H2,1H3,(H,19,20);1-2H3. The second-order valence-electron chi connectivity index (χ2n) is 5.66. The van der Waals surface area contributed by atoms with Crippen LogP contribution in [0.25, 0.3) is 11.0 Å². The Morgan fingerprint density at radius 3 is 2.55 bits per heavy atom. The fourth-order valence-electron chi connectivity index (χ4n) is 2.83. The van der Waals surface area contributed by atoms with Crippen LogP contribution in [0.2, 0.25) is 0 Å². The van der Waals surface area contributed by atoms with Crippen LogP contribution in [-0.4, -0.2) is 21.9 Å². The highest BCUT2D eigenvalue weighted by atomic mass is 16.1. The van der Waals surface area contributed by atoms with E-state index < -0.39 is 0 Å². The van der Waals surface area contributed by atoms with E-state index in [-0.39, 0.29) is 5.91 Å². The Bertz CT molecular complexity index is 613. The molecular formula is C18H25N3O. The molecule has 1 fully saturated rings. The third kappa shape index (κ3) is 3.81. The van der Waals surface area contributed by atoms with E-state index in [9.17, 15) is 4.79 Å². The van der Waals surface area contributed by atoms with Crippen molar-refractivity contribution in [3.63, 3.8) is 0 Å². The number of carbonyl (C=O) groups is 1. The van der Waals surface area contributed by atoms with E-state index in [0.717, 1.165) is 24.3 Å². The number of pyridine rings is 2. The molecule has 1 aliphatic carbocycles. The predicted octanol–water partition coefficient (Wildman–Crippen LogP) is 3.96. The molecule has 1 saturated carbocycles. The molecule has 0 atom stereocenters. The van der Waals surface area contributed by atoms with Crippen LogP contribution < -0.4 is 5.32 Å². The van der Waals surface area contributed by atoms with Crippen molar-refractivity contribution in [3.05, 3.63) is 36.2 Å². The molecule has 0 bridgehead atoms. The SMILES string of the molecule is CC.CC1CCC(NC(=O)c2ccnc3cccnc23)CC1. The highest BCUT2D eigenvalue weighted by Gasteiger charge is 2.21. The van der Waals surface area contributed by atoms with Gasteiger partial charge in [-0.25, -0.2) is 0 Å². The van der Waals surface area contributed by atoms with Crippen LogP contribution in [0.15, 0.2) is 30.6 Å². The minimum Gasteiger partial charge on any atom is -0.349 e. The number of rotatable bonds is 2. The van der Waals surface area contributed by atoms with Crippen LogP contribution >= 0.6 is 0 Å². The Hall–Kier alpha value is -1.97. The van der Waals surface area contributed by atoms with E-state index in [1.807, 2.05) is 26.0 Å². The zero-order valence-corrected chi connectivity index (χ0v) is 13.7. The van der Waals surface area contributed by atoms with Crippen LogP contribution in [0, 0.1) is 5.92 Å². The maximum Gasteiger partial charge on any atom is 0.253 e. The summed E-state index contributed by atoms with van der Waals surface area (Å²) in [5.74, 6) is 0.752. The summed E-state index contributed by atoms with van der Waals surface area (Å²) < 4.78 is 0. The first kappa shape index (κ1) is 16.4. The van der Waals surface area contributed by atoms with Gasteiger partial charge in [-0.3, -0.25) is 14.8 Å². The molecule has 2 heterocycles. The van der Waals surface area contributed by atoms with Gasteiger partial charge < -0.3 is 5.32 Å². The van der Waals surface area contributed by atoms with Gasteiger partial charge in [0.15, 0.2) is 0 Å². The predicted molar refractivity (Wildman–Crippen MR) is 89.8 cm³/mol. The Morgan fingerprint density at radius 1 is 1.09 bits per heavy atom. The van der Waals surface area contributed by atoms with Gasteiger partial charge in [-0.1, -0.05) is 20.8 Å². The van der Waals surface area contributed by atoms with Crippen LogP contribution in [0.5, 0.6) is 0 Å². The number of amides is 1. The van der Waals surface area contributed by atoms with Crippen LogP contribution in [0.4, 0.5) is 0 Å². The van der Waals surface area contributed by atoms with E-state index >= 15 is 0 Å². The maximum absolute atomic E-state index is 12.4. The van der Waals surface area contributed by atoms with Gasteiger partial charge in [0.25, 0.3) is 5.91 Å². The molecular weight excluding hydrogens is 274 g/mol. The van der Waals surface area contributed by atoms with Gasteiger partial charge in [0.2, 0.25) is 0 Å². The fraction of sp³-hybridized carbons (Fsp3) is 0.500. The molecule has 0 saturated heterocycles. The van der Waals surface area contributed by atoms with E-state index in [0.29, 0.717) is 17.1 Å². The van der Waals surface area contributed by atoms with Crippen molar-refractivity contribution in [3.8, 4) is 0 Å². The second kappa shape index (κ2) is 7.87. The van der Waals surface area contributed by atoms with Crippen molar-refractivity contribution < 1.29 is 4.79 Å². The minimum atomic E-state index is -0.0318. The third-order valence-electron chi connectivity index (χ3n) is 4.09. The second-order valence-corrected chi connectivity index (χ2v) is 5.66. The highest BCUT2D eigenvalue weighted by molar-refractivity contribution is 6.04. The zero-order chi connectivity index (χ0) is 15.9. The smallest absolute Gasteiger partial charge is 0.253 e. The quantitative estimate of drug-likeness (QED) is 0.913. The molecule has 3 rings (SSSR count). The molecule has 1 amide bonds. The average molecular weight is 299 g/mol. The van der Waals surface area contributed by atoms with E-state index in [4.69, 9.17) is 0 Å². The molecule has 1 aliphatic rings. The molecule has 1 N–H and O–H groups in total. The first-order chi connectivity index (χ1) is 10.7. The molecule has 0 unspecified atom stereocenters. The van der Waals surface area contributed by atoms with Gasteiger partial charge in [-0.2, -0.15) is 0 Å². The van der Waals surface area contributed by atoms with Gasteiger partial charge in [0.05, 0.1) is 11.1 Å². The number of fused-ring (bicyclic) bond motifs is 1. The fourth-order valence-corrected chi connectivity index (χ4v) is 2.83. The van der Waals surface area contributed by atoms with Crippen LogP contribution in [-0.2, 0) is 0 Å². The first-order valence-electron chi connectivity index (χ1n) is 8.24. The van der Waals surface area contributed by atoms with Gasteiger partial charge >= 0.3 is 0 Å². The summed E-state index contributed by atoms with van der Waals surface area (Å²) in [7, 11) is 0. The van der Waals surface area contributed by atoms with Gasteiger partial charge in [0.1, 0.15) is 5.52 Å². The maximum atomic E-state index is 12.4. The molecule has 2 aromatic rings. The monoisotopic (exact) mass is 299 g/mol. The lowest BCUT2D eigenvalue weighted by Crippen LogP contribution is -2.37. The zero-order valence-electron chi connectivity index (χ0n) is 13.7. The molecule has 0 aromatic carbocycles. The molecule has 118 valence electrons. The number of hydrogen-bond donors (Lipinski definition) is 1. The van der Waals surface area contributed by atoms with Crippen molar-refractivity contribution in [1.29, 1.82) is 0 Å². The topological polar surface area (TPSA) is 54.9 Å². The minimum absolute atomic E-state index is 0.0318. The largest absolute Gasteiger partial charge is 0.349 e. The Balaban J connectivity index is 0.000000847. The average Bonchev–Trinajstić information content (AvgIpc) is 2.58. The number of hydrogen-bond acceptors (Lipinski definition) is 3. The summed E-state index contributed by atoms with van der Waals surface area (Å²) in [6.45, 7) is 6.28. The van der Waals surface area contributed by atoms with Crippen molar-refractivity contribution in [1.82, 2.24) is 15.3 Å². The molecule has 22 heavy (non-hydrogen) atoms. The number of nitrogens with zero attached hydrogens (tertiary/aromatic N) is 2. The molecule has 0 radical (unpaired) electrons. The summed E-state index contributed by atoms with van der Waals surface area (Å²) in [6.07, 6.45) is 7.90. The lowest BCUT2D eigenvalue weighted by atomic mass is 9.87. The molecule has 0 aliphatic heterocycles. The molecule has 0 spiro atoms. The molecule has 4 nitrogen and oxygen atoms in total. The normalized spacial score (nSPS) is 20.9. The highest BCUT2D eigenvalue weighted by Crippen LogP contribution is 2.24. The number of nitrogens with one attached hydrogen (secondary N) is 1. The van der Waals surface area contributed by atoms with E-state index in [2.05, 4.69) is 22.2 Å². The summed E-state index contributed by atoms with van der Waals surface area (Å²) in [5.41, 5.74) is 2.06. The van der Waals surface area contributed by atoms with Crippen LogP contribution in [0.1, 0.15) is 56.8 Å². The lowest BCUT2D eigenvalue weighted by molar-refractivity contribution is 0.0924. The number of aromatic nitrogens is 2. The molecule has 2 aromatic heterocycles. The lowest BCUT2D eigenvalue weighted by Gasteiger charge is -2.26.